The highest BCUT2D eigenvalue weighted by Crippen LogP contribution is 2.10. The Morgan fingerprint density at radius 1 is 0.920 bits per heavy atom. The zero-order valence-electron chi connectivity index (χ0n) is 12.7. The van der Waals surface area contributed by atoms with Crippen LogP contribution < -0.4 is 10.1 Å². The molecule has 2 aromatic carbocycles. The monoisotopic (exact) mass is 387 g/mol. The highest BCUT2D eigenvalue weighted by atomic mass is 32.2. The van der Waals surface area contributed by atoms with Crippen LogP contribution >= 0.6 is 0 Å². The normalized spacial score (nSPS) is 12.1. The maximum absolute atomic E-state index is 13.8. The van der Waals surface area contributed by atoms with E-state index in [9.17, 15) is 26.1 Å². The molecule has 25 heavy (non-hydrogen) atoms. The van der Waals surface area contributed by atoms with Gasteiger partial charge in [-0.15, -0.1) is 4.83 Å². The van der Waals surface area contributed by atoms with Crippen molar-refractivity contribution in [2.45, 2.75) is 4.90 Å². The van der Waals surface area contributed by atoms with Crippen molar-refractivity contribution in [2.75, 3.05) is 5.88 Å². The van der Waals surface area contributed by atoms with E-state index in [2.05, 4.69) is 0 Å². The SMILES string of the molecule is O=C(NCS(=O)(=O)N(F)NS(=O)(=O)c1ccccc1)c1ccccc1. The maximum atomic E-state index is 13.8. The topological polar surface area (TPSA) is 113 Å². The van der Waals surface area contributed by atoms with Crippen LogP contribution in [-0.2, 0) is 20.0 Å². The first kappa shape index (κ1) is 19.0. The van der Waals surface area contributed by atoms with Gasteiger partial charge in [0.05, 0.1) is 9.53 Å². The third kappa shape index (κ3) is 5.06. The predicted molar refractivity (Wildman–Crippen MR) is 87.4 cm³/mol. The molecule has 2 aromatic rings. The predicted octanol–water partition coefficient (Wildman–Crippen LogP) is 0.784. The Morgan fingerprint density at radius 2 is 1.44 bits per heavy atom. The molecule has 1 amide bonds. The van der Waals surface area contributed by atoms with E-state index < -0.39 is 36.5 Å². The van der Waals surface area contributed by atoms with Crippen molar-refractivity contribution in [3.63, 3.8) is 0 Å². The second kappa shape index (κ2) is 7.70. The lowest BCUT2D eigenvalue weighted by molar-refractivity contribution is 0.0949. The number of hydrogen-bond acceptors (Lipinski definition) is 5. The molecule has 8 nitrogen and oxygen atoms in total. The molecule has 0 saturated carbocycles. The summed E-state index contributed by atoms with van der Waals surface area (Å²) >= 11 is 0. The number of carbonyl (C=O) groups excluding carboxylic acids is 1. The van der Waals surface area contributed by atoms with Crippen LogP contribution in [0.5, 0.6) is 0 Å². The second-order valence-electron chi connectivity index (χ2n) is 4.75. The molecular formula is C14H14FN3O5S2. The van der Waals surface area contributed by atoms with Gasteiger partial charge in [-0.05, 0) is 24.3 Å². The van der Waals surface area contributed by atoms with Gasteiger partial charge in [0.25, 0.3) is 26.0 Å². The Balaban J connectivity index is 2.03. The van der Waals surface area contributed by atoms with Crippen molar-refractivity contribution >= 4 is 26.0 Å². The van der Waals surface area contributed by atoms with Gasteiger partial charge in [0.1, 0.15) is 5.88 Å². The smallest absolute Gasteiger partial charge is 0.273 e. The molecule has 0 aliphatic heterocycles. The Kier molecular flexibility index (Phi) is 5.85. The highest BCUT2D eigenvalue weighted by molar-refractivity contribution is 7.92. The summed E-state index contributed by atoms with van der Waals surface area (Å²) in [4.78, 5) is 12.7. The number of rotatable bonds is 7. The van der Waals surface area contributed by atoms with Crippen LogP contribution in [0.25, 0.3) is 0 Å². The summed E-state index contributed by atoms with van der Waals surface area (Å²) in [6.07, 6.45) is 0. The van der Waals surface area contributed by atoms with Crippen LogP contribution in [0.1, 0.15) is 10.4 Å². The Morgan fingerprint density at radius 3 is 2.00 bits per heavy atom. The Labute approximate surface area is 144 Å². The minimum atomic E-state index is -4.76. The minimum Gasteiger partial charge on any atom is -0.337 e. The van der Waals surface area contributed by atoms with Crippen LogP contribution in [0.15, 0.2) is 65.6 Å². The number of hydrogen-bond donors (Lipinski definition) is 2. The summed E-state index contributed by atoms with van der Waals surface area (Å²) in [6.45, 7) is 0. The van der Waals surface area contributed by atoms with Crippen molar-refractivity contribution in [1.82, 2.24) is 14.8 Å². The molecule has 0 unspecified atom stereocenters. The van der Waals surface area contributed by atoms with E-state index in [1.54, 1.807) is 24.3 Å². The number of carbonyl (C=O) groups is 1. The van der Waals surface area contributed by atoms with Crippen molar-refractivity contribution in [3.8, 4) is 0 Å². The van der Waals surface area contributed by atoms with Gasteiger partial charge in [0.2, 0.25) is 0 Å². The summed E-state index contributed by atoms with van der Waals surface area (Å²) in [7, 11) is -9.18. The summed E-state index contributed by atoms with van der Waals surface area (Å²) in [5, 5.41) is 2.00. The number of nitrogens with zero attached hydrogens (tertiary/aromatic N) is 1. The van der Waals surface area contributed by atoms with Gasteiger partial charge in [-0.25, -0.2) is 16.8 Å². The molecule has 0 heterocycles. The van der Waals surface area contributed by atoms with E-state index in [0.717, 1.165) is 0 Å². The van der Waals surface area contributed by atoms with Gasteiger partial charge >= 0.3 is 0 Å². The van der Waals surface area contributed by atoms with Crippen LogP contribution in [0, 0.1) is 0 Å². The minimum absolute atomic E-state index is 0.174. The first-order valence-electron chi connectivity index (χ1n) is 6.82. The molecular weight excluding hydrogens is 373 g/mol. The van der Waals surface area contributed by atoms with E-state index in [1.165, 1.54) is 41.2 Å². The summed E-state index contributed by atoms with van der Waals surface area (Å²) in [5.74, 6) is -1.88. The van der Waals surface area contributed by atoms with Gasteiger partial charge in [-0.1, -0.05) is 40.9 Å². The van der Waals surface area contributed by atoms with E-state index in [0.29, 0.717) is 0 Å². The highest BCUT2D eigenvalue weighted by Gasteiger charge is 2.28. The lowest BCUT2D eigenvalue weighted by Crippen LogP contribution is -2.44. The second-order valence-corrected chi connectivity index (χ2v) is 8.18. The first-order valence-corrected chi connectivity index (χ1v) is 9.91. The van der Waals surface area contributed by atoms with E-state index in [-0.39, 0.29) is 10.5 Å². The third-order valence-corrected chi connectivity index (χ3v) is 5.44. The number of amides is 1. The summed E-state index contributed by atoms with van der Waals surface area (Å²) < 4.78 is 60.2. The standard InChI is InChI=1S/C14H14FN3O5S2/c15-18(17-25(22,23)13-9-5-2-6-10-13)24(20,21)11-16-14(19)12-7-3-1-4-8-12/h1-10,17H,11H2,(H,16,19). The quantitative estimate of drug-likeness (QED) is 0.539. The average molecular weight is 387 g/mol. The number of nitrogens with one attached hydrogen (secondary N) is 2. The third-order valence-electron chi connectivity index (χ3n) is 2.94. The molecule has 0 spiro atoms. The molecule has 0 bridgehead atoms. The number of halogens is 1. The molecule has 2 rings (SSSR count). The Hall–Kier alpha value is -2.34. The maximum Gasteiger partial charge on any atom is 0.273 e. The van der Waals surface area contributed by atoms with E-state index in [4.69, 9.17) is 0 Å². The zero-order valence-corrected chi connectivity index (χ0v) is 14.3. The van der Waals surface area contributed by atoms with Gasteiger partial charge in [0, 0.05) is 5.56 Å². The fraction of sp³-hybridized carbons (Fsp3) is 0.0714. The Bertz CT molecular complexity index is 935. The molecule has 0 saturated heterocycles. The molecule has 134 valence electrons. The largest absolute Gasteiger partial charge is 0.337 e. The zero-order chi connectivity index (χ0) is 18.5. The molecule has 2 N–H and O–H groups in total. The van der Waals surface area contributed by atoms with Crippen LogP contribution in [0.4, 0.5) is 4.48 Å². The number of hydrazine groups is 1. The van der Waals surface area contributed by atoms with Crippen molar-refractivity contribution < 1.29 is 26.1 Å². The van der Waals surface area contributed by atoms with Crippen LogP contribution in [0.3, 0.4) is 0 Å². The van der Waals surface area contributed by atoms with Crippen molar-refractivity contribution in [3.05, 3.63) is 66.2 Å². The van der Waals surface area contributed by atoms with Gasteiger partial charge in [-0.3, -0.25) is 4.79 Å². The fourth-order valence-corrected chi connectivity index (χ4v) is 3.69. The fourth-order valence-electron chi connectivity index (χ4n) is 1.71. The van der Waals surface area contributed by atoms with Gasteiger partial charge < -0.3 is 5.32 Å². The van der Waals surface area contributed by atoms with Crippen molar-refractivity contribution in [1.29, 1.82) is 0 Å². The van der Waals surface area contributed by atoms with Gasteiger partial charge in [0.15, 0.2) is 0 Å². The molecule has 0 atom stereocenters. The molecule has 0 aromatic heterocycles. The number of benzene rings is 2. The lowest BCUT2D eigenvalue weighted by Gasteiger charge is -2.14. The summed E-state index contributed by atoms with van der Waals surface area (Å²) in [6, 6.07) is 14.3. The van der Waals surface area contributed by atoms with Gasteiger partial charge in [-0.2, -0.15) is 0 Å². The average Bonchev–Trinajstić information content (AvgIpc) is 2.61. The molecule has 11 heteroatoms. The summed E-state index contributed by atoms with van der Waals surface area (Å²) in [5.41, 5.74) is 0.174. The molecule has 0 radical (unpaired) electrons. The lowest BCUT2D eigenvalue weighted by atomic mass is 10.2. The molecule has 0 aliphatic carbocycles. The molecule has 0 aliphatic rings. The number of sulfonamides is 2. The van der Waals surface area contributed by atoms with E-state index >= 15 is 0 Å². The molecule has 0 fully saturated rings. The van der Waals surface area contributed by atoms with E-state index in [1.807, 2.05) is 5.32 Å². The van der Waals surface area contributed by atoms with Crippen LogP contribution in [-0.4, -0.2) is 33.3 Å². The van der Waals surface area contributed by atoms with Crippen molar-refractivity contribution in [2.24, 2.45) is 0 Å². The first-order chi connectivity index (χ1) is 11.7. The van der Waals surface area contributed by atoms with Crippen LogP contribution in [0.2, 0.25) is 0 Å².